The third-order valence-corrected chi connectivity index (χ3v) is 1.93. The summed E-state index contributed by atoms with van der Waals surface area (Å²) < 4.78 is 0. The van der Waals surface area contributed by atoms with Crippen molar-refractivity contribution in [3.8, 4) is 0 Å². The van der Waals surface area contributed by atoms with E-state index in [1.54, 1.807) is 0 Å². The van der Waals surface area contributed by atoms with Gasteiger partial charge in [0.05, 0.1) is 0 Å². The second-order valence-electron chi connectivity index (χ2n) is 3.26. The minimum absolute atomic E-state index is 0.103. The summed E-state index contributed by atoms with van der Waals surface area (Å²) in [6, 6.07) is 0. The molecule has 22 heavy (non-hydrogen) atoms. The molecular weight excluding hydrogens is 312 g/mol. The molecule has 0 saturated carbocycles. The quantitative estimate of drug-likeness (QED) is 0.123. The average Bonchev–Trinajstić information content (AvgIpc) is 2.44. The van der Waals surface area contributed by atoms with E-state index in [2.05, 4.69) is 20.1 Å². The van der Waals surface area contributed by atoms with Crippen LogP contribution >= 0.6 is 0 Å². The topological polar surface area (TPSA) is 237 Å². The summed E-state index contributed by atoms with van der Waals surface area (Å²) in [7, 11) is 0. The predicted octanol–water partition coefficient (Wildman–Crippen LogP) is -0.0819. The Morgan fingerprint density at radius 3 is 1.32 bits per heavy atom. The second kappa shape index (κ2) is 9.18. The Kier molecular flexibility index (Phi) is 7.60. The van der Waals surface area contributed by atoms with Gasteiger partial charge in [0.25, 0.3) is 0 Å². The number of azide groups is 2. The van der Waals surface area contributed by atoms with Crippen LogP contribution in [-0.4, -0.2) is 56.8 Å². The minimum Gasteiger partial charge on any atom is -0.235 e. The lowest BCUT2D eigenvalue weighted by Gasteiger charge is -2.20. The van der Waals surface area contributed by atoms with Gasteiger partial charge in [0.1, 0.15) is 0 Å². The Morgan fingerprint density at radius 1 is 0.773 bits per heavy atom. The Hall–Kier alpha value is -3.78. The van der Waals surface area contributed by atoms with E-state index in [1.807, 2.05) is 0 Å². The van der Waals surface area contributed by atoms with Crippen molar-refractivity contribution < 1.29 is 15.1 Å². The van der Waals surface area contributed by atoms with Crippen LogP contribution in [0.25, 0.3) is 20.9 Å². The van der Waals surface area contributed by atoms with Crippen molar-refractivity contribution in [2.24, 2.45) is 10.2 Å². The highest BCUT2D eigenvalue weighted by Crippen LogP contribution is 2.00. The van der Waals surface area contributed by atoms with Crippen LogP contribution in [0.4, 0.5) is 0 Å². The van der Waals surface area contributed by atoms with Crippen LogP contribution in [0.2, 0.25) is 0 Å². The summed E-state index contributed by atoms with van der Waals surface area (Å²) in [5.74, 6) is 0. The van der Waals surface area contributed by atoms with Crippen LogP contribution in [0, 0.1) is 30.3 Å². The zero-order valence-electron chi connectivity index (χ0n) is 10.6. The van der Waals surface area contributed by atoms with Crippen molar-refractivity contribution in [1.82, 2.24) is 15.0 Å². The lowest BCUT2D eigenvalue weighted by Crippen LogP contribution is -2.49. The van der Waals surface area contributed by atoms with Crippen LogP contribution < -0.4 is 0 Å². The Labute approximate surface area is 119 Å². The van der Waals surface area contributed by atoms with Crippen LogP contribution in [0.3, 0.4) is 0 Å². The highest BCUT2D eigenvalue weighted by atomic mass is 16.7. The number of rotatable bonds is 11. The molecular formula is C4H8N12O6. The smallest absolute Gasteiger partial charge is 0.210 e. The minimum atomic E-state index is -1.13. The number of hydrazine groups is 3. The summed E-state index contributed by atoms with van der Waals surface area (Å²) >= 11 is 0. The fourth-order valence-electron chi connectivity index (χ4n) is 1.02. The normalized spacial score (nSPS) is 8.91. The molecule has 0 aromatic rings. The standard InChI is InChI=1S/C4H8N12O6/c5-9-7-1-11(14(17)18)3-13(16(21)22)4-12(15(19)20)2-8-10-6/h1-4H2. The van der Waals surface area contributed by atoms with E-state index in [9.17, 15) is 30.3 Å². The maximum absolute atomic E-state index is 10.8. The SMILES string of the molecule is [N-]=[N+]=NCN(CN(CN(CN=[N+]=[N-])[N+](=O)[O-])[N+](=O)[O-])[N+](=O)[O-]. The molecule has 0 radical (unpaired) electrons. The van der Waals surface area contributed by atoms with Gasteiger partial charge in [-0.05, 0) is 11.1 Å². The van der Waals surface area contributed by atoms with E-state index in [-0.39, 0.29) is 15.0 Å². The van der Waals surface area contributed by atoms with E-state index >= 15 is 0 Å². The molecule has 120 valence electrons. The first-order chi connectivity index (χ1) is 10.3. The molecule has 0 unspecified atom stereocenters. The summed E-state index contributed by atoms with van der Waals surface area (Å²) in [4.78, 5) is 36.6. The Morgan fingerprint density at radius 2 is 1.09 bits per heavy atom. The molecule has 0 heterocycles. The number of nitro groups is 3. The molecule has 0 aliphatic carbocycles. The fraction of sp³-hybridized carbons (Fsp3) is 1.00. The van der Waals surface area contributed by atoms with Gasteiger partial charge in [-0.25, -0.2) is 30.3 Å². The van der Waals surface area contributed by atoms with Gasteiger partial charge in [-0.2, -0.15) is 0 Å². The molecule has 18 nitrogen and oxygen atoms in total. The maximum atomic E-state index is 10.8. The van der Waals surface area contributed by atoms with Crippen molar-refractivity contribution in [3.05, 3.63) is 51.2 Å². The van der Waals surface area contributed by atoms with Crippen molar-refractivity contribution in [3.63, 3.8) is 0 Å². The van der Waals surface area contributed by atoms with Gasteiger partial charge in [-0.3, -0.25) is 0 Å². The first-order valence-electron chi connectivity index (χ1n) is 5.03. The zero-order valence-corrected chi connectivity index (χ0v) is 10.6. The van der Waals surface area contributed by atoms with E-state index in [4.69, 9.17) is 11.1 Å². The number of hydrogen-bond acceptors (Lipinski definition) is 8. The predicted molar refractivity (Wildman–Crippen MR) is 64.3 cm³/mol. The molecule has 0 spiro atoms. The monoisotopic (exact) mass is 320 g/mol. The number of hydrogen-bond donors (Lipinski definition) is 0. The van der Waals surface area contributed by atoms with E-state index < -0.39 is 41.8 Å². The molecule has 0 saturated heterocycles. The molecule has 0 amide bonds. The summed E-state index contributed by atoms with van der Waals surface area (Å²) in [5.41, 5.74) is 16.1. The lowest BCUT2D eigenvalue weighted by atomic mass is 10.8. The van der Waals surface area contributed by atoms with Crippen LogP contribution in [-0.2, 0) is 0 Å². The average molecular weight is 320 g/mol. The largest absolute Gasteiger partial charge is 0.235 e. The molecule has 0 bridgehead atoms. The lowest BCUT2D eigenvalue weighted by molar-refractivity contribution is -0.736. The highest BCUT2D eigenvalue weighted by molar-refractivity contribution is 4.48. The Balaban J connectivity index is 5.06. The van der Waals surface area contributed by atoms with Gasteiger partial charge >= 0.3 is 0 Å². The van der Waals surface area contributed by atoms with E-state index in [0.29, 0.717) is 0 Å². The first kappa shape index (κ1) is 18.2. The molecule has 0 N–H and O–H groups in total. The summed E-state index contributed by atoms with van der Waals surface area (Å²) in [5, 5.41) is 35.0. The molecule has 0 aliphatic heterocycles. The maximum Gasteiger partial charge on any atom is 0.210 e. The Bertz CT molecular complexity index is 482. The third-order valence-electron chi connectivity index (χ3n) is 1.93. The summed E-state index contributed by atoms with van der Waals surface area (Å²) in [6.07, 6.45) is 0. The molecule has 0 aromatic carbocycles. The highest BCUT2D eigenvalue weighted by Gasteiger charge is 2.29. The van der Waals surface area contributed by atoms with Crippen molar-refractivity contribution in [2.75, 3.05) is 26.7 Å². The molecule has 0 rings (SSSR count). The molecule has 18 heteroatoms. The molecule has 0 atom stereocenters. The van der Waals surface area contributed by atoms with Crippen LogP contribution in [0.1, 0.15) is 0 Å². The summed E-state index contributed by atoms with van der Waals surface area (Å²) in [6.45, 7) is -3.69. The van der Waals surface area contributed by atoms with Gasteiger partial charge in [-0.1, -0.05) is 25.3 Å². The van der Waals surface area contributed by atoms with E-state index in [1.165, 1.54) is 0 Å². The van der Waals surface area contributed by atoms with Crippen molar-refractivity contribution >= 4 is 0 Å². The fourth-order valence-corrected chi connectivity index (χ4v) is 1.02. The van der Waals surface area contributed by atoms with Crippen molar-refractivity contribution in [1.29, 1.82) is 0 Å². The second-order valence-corrected chi connectivity index (χ2v) is 3.26. The molecule has 0 aromatic heterocycles. The van der Waals surface area contributed by atoms with Crippen molar-refractivity contribution in [2.45, 2.75) is 0 Å². The van der Waals surface area contributed by atoms with Gasteiger partial charge in [0.15, 0.2) is 28.4 Å². The van der Waals surface area contributed by atoms with Gasteiger partial charge in [0.2, 0.25) is 13.3 Å². The number of nitrogens with zero attached hydrogens (tertiary/aromatic N) is 12. The van der Waals surface area contributed by atoms with Crippen LogP contribution in [0.15, 0.2) is 10.2 Å². The zero-order chi connectivity index (χ0) is 17.1. The molecule has 0 fully saturated rings. The molecule has 0 aliphatic rings. The third kappa shape index (κ3) is 6.41. The van der Waals surface area contributed by atoms with Crippen LogP contribution in [0.5, 0.6) is 0 Å². The van der Waals surface area contributed by atoms with Gasteiger partial charge < -0.3 is 0 Å². The van der Waals surface area contributed by atoms with Gasteiger partial charge in [0, 0.05) is 9.82 Å². The first-order valence-corrected chi connectivity index (χ1v) is 5.03. The van der Waals surface area contributed by atoms with Gasteiger partial charge in [-0.15, -0.1) is 0 Å². The van der Waals surface area contributed by atoms with E-state index in [0.717, 1.165) is 0 Å².